The highest BCUT2D eigenvalue weighted by atomic mass is 32.2. The van der Waals surface area contributed by atoms with Crippen molar-refractivity contribution in [1.29, 1.82) is 0 Å². The predicted octanol–water partition coefficient (Wildman–Crippen LogP) is 2.95. The number of benzene rings is 2. The SMILES string of the molecule is Cc1c(C)c(C)c(S(=O)(=O)N/N=C\c2cccc(O)c2O)c(C)c1C. The Morgan fingerprint density at radius 1 is 0.920 bits per heavy atom. The fourth-order valence-electron chi connectivity index (χ4n) is 2.73. The number of hydrogen-bond donors (Lipinski definition) is 3. The van der Waals surface area contributed by atoms with E-state index in [9.17, 15) is 18.6 Å². The van der Waals surface area contributed by atoms with Gasteiger partial charge in [-0.2, -0.15) is 13.5 Å². The third kappa shape index (κ3) is 3.46. The Morgan fingerprint density at radius 3 is 2.00 bits per heavy atom. The highest BCUT2D eigenvalue weighted by molar-refractivity contribution is 7.89. The molecule has 6 nitrogen and oxygen atoms in total. The van der Waals surface area contributed by atoms with E-state index in [1.165, 1.54) is 18.2 Å². The van der Waals surface area contributed by atoms with Gasteiger partial charge in [0.1, 0.15) is 0 Å². The molecule has 0 spiro atoms. The van der Waals surface area contributed by atoms with Gasteiger partial charge in [-0.1, -0.05) is 6.07 Å². The van der Waals surface area contributed by atoms with Gasteiger partial charge in [0.15, 0.2) is 11.5 Å². The summed E-state index contributed by atoms with van der Waals surface area (Å²) in [6.45, 7) is 9.30. The van der Waals surface area contributed by atoms with Crippen LogP contribution in [0.1, 0.15) is 33.4 Å². The lowest BCUT2D eigenvalue weighted by molar-refractivity contribution is 0.403. The first-order chi connectivity index (χ1) is 11.6. The van der Waals surface area contributed by atoms with Gasteiger partial charge in [-0.05, 0) is 74.6 Å². The zero-order valence-electron chi connectivity index (χ0n) is 14.9. The molecule has 0 bridgehead atoms. The van der Waals surface area contributed by atoms with E-state index in [1.54, 1.807) is 13.8 Å². The molecule has 0 radical (unpaired) electrons. The quantitative estimate of drug-likeness (QED) is 0.442. The second kappa shape index (κ2) is 6.76. The van der Waals surface area contributed by atoms with Gasteiger partial charge in [0.05, 0.1) is 11.1 Å². The van der Waals surface area contributed by atoms with Crippen molar-refractivity contribution in [3.63, 3.8) is 0 Å². The summed E-state index contributed by atoms with van der Waals surface area (Å²) in [4.78, 5) is 2.39. The van der Waals surface area contributed by atoms with Gasteiger partial charge in [0.2, 0.25) is 0 Å². The number of rotatable bonds is 4. The van der Waals surface area contributed by atoms with Crippen LogP contribution in [0.3, 0.4) is 0 Å². The van der Waals surface area contributed by atoms with Crippen LogP contribution in [0.5, 0.6) is 11.5 Å². The Morgan fingerprint density at radius 2 is 1.44 bits per heavy atom. The zero-order chi connectivity index (χ0) is 18.9. The minimum atomic E-state index is -3.87. The minimum Gasteiger partial charge on any atom is -0.504 e. The van der Waals surface area contributed by atoms with Gasteiger partial charge in [-0.3, -0.25) is 0 Å². The lowest BCUT2D eigenvalue weighted by Gasteiger charge is -2.18. The number of phenolic OH excluding ortho intramolecular Hbond substituents is 2. The number of nitrogens with zero attached hydrogens (tertiary/aromatic N) is 1. The van der Waals surface area contributed by atoms with Crippen molar-refractivity contribution in [3.05, 3.63) is 51.6 Å². The summed E-state index contributed by atoms with van der Waals surface area (Å²) in [6.07, 6.45) is 1.14. The molecule has 0 atom stereocenters. The smallest absolute Gasteiger partial charge is 0.277 e. The van der Waals surface area contributed by atoms with E-state index in [0.29, 0.717) is 11.1 Å². The van der Waals surface area contributed by atoms with Gasteiger partial charge in [0.25, 0.3) is 10.0 Å². The summed E-state index contributed by atoms with van der Waals surface area (Å²) in [7, 11) is -3.87. The van der Waals surface area contributed by atoms with Crippen LogP contribution in [-0.4, -0.2) is 24.8 Å². The van der Waals surface area contributed by atoms with E-state index in [1.807, 2.05) is 20.8 Å². The van der Waals surface area contributed by atoms with Crippen molar-refractivity contribution in [2.75, 3.05) is 0 Å². The highest BCUT2D eigenvalue weighted by Gasteiger charge is 2.23. The Bertz CT molecular complexity index is 935. The van der Waals surface area contributed by atoms with Crippen LogP contribution in [0.2, 0.25) is 0 Å². The average molecular weight is 362 g/mol. The van der Waals surface area contributed by atoms with Crippen LogP contribution in [0.4, 0.5) is 0 Å². The molecule has 0 aliphatic carbocycles. The average Bonchev–Trinajstić information content (AvgIpc) is 2.55. The van der Waals surface area contributed by atoms with E-state index in [2.05, 4.69) is 9.93 Å². The molecule has 2 aromatic carbocycles. The molecule has 2 rings (SSSR count). The van der Waals surface area contributed by atoms with Crippen LogP contribution >= 0.6 is 0 Å². The molecule has 134 valence electrons. The van der Waals surface area contributed by atoms with Gasteiger partial charge in [0, 0.05) is 5.56 Å². The number of aromatic hydroxyl groups is 2. The topological polar surface area (TPSA) is 99.0 Å². The maximum absolute atomic E-state index is 12.7. The molecular weight excluding hydrogens is 340 g/mol. The van der Waals surface area contributed by atoms with Crippen LogP contribution in [0.15, 0.2) is 28.2 Å². The minimum absolute atomic E-state index is 0.201. The molecule has 0 aromatic heterocycles. The predicted molar refractivity (Wildman–Crippen MR) is 97.8 cm³/mol. The number of hydrazone groups is 1. The maximum atomic E-state index is 12.7. The van der Waals surface area contributed by atoms with E-state index in [-0.39, 0.29) is 22.0 Å². The molecule has 0 aliphatic heterocycles. The molecular formula is C18H22N2O4S. The first-order valence-electron chi connectivity index (χ1n) is 7.70. The molecule has 0 unspecified atom stereocenters. The standard InChI is InChI=1S/C18H22N2O4S/c1-10-11(2)13(4)18(14(5)12(10)3)25(23,24)20-19-9-15-7-6-8-16(21)17(15)22/h6-9,20-22H,1-5H3/b19-9-. The summed E-state index contributed by atoms with van der Waals surface area (Å²) in [5.41, 5.74) is 4.50. The molecule has 0 amide bonds. The molecule has 0 saturated heterocycles. The van der Waals surface area contributed by atoms with Crippen LogP contribution in [-0.2, 0) is 10.0 Å². The Balaban J connectivity index is 2.41. The first-order valence-corrected chi connectivity index (χ1v) is 9.19. The summed E-state index contributed by atoms with van der Waals surface area (Å²) in [6, 6.07) is 4.34. The second-order valence-electron chi connectivity index (χ2n) is 6.02. The monoisotopic (exact) mass is 362 g/mol. The molecule has 0 heterocycles. The molecule has 7 heteroatoms. The lowest BCUT2D eigenvalue weighted by atomic mass is 9.95. The fourth-order valence-corrected chi connectivity index (χ4v) is 4.13. The van der Waals surface area contributed by atoms with Crippen molar-refractivity contribution >= 4 is 16.2 Å². The Labute approximate surface area is 147 Å². The number of nitrogens with one attached hydrogen (secondary N) is 1. The van der Waals surface area contributed by atoms with E-state index < -0.39 is 10.0 Å². The van der Waals surface area contributed by atoms with Crippen molar-refractivity contribution < 1.29 is 18.6 Å². The third-order valence-corrected chi connectivity index (χ3v) is 6.12. The first kappa shape index (κ1) is 18.8. The summed E-state index contributed by atoms with van der Waals surface area (Å²) >= 11 is 0. The van der Waals surface area contributed by atoms with E-state index >= 15 is 0 Å². The van der Waals surface area contributed by atoms with Crippen LogP contribution < -0.4 is 4.83 Å². The van der Waals surface area contributed by atoms with Crippen molar-refractivity contribution in [3.8, 4) is 11.5 Å². The second-order valence-corrected chi connectivity index (χ2v) is 7.62. The Kier molecular flexibility index (Phi) is 5.08. The highest BCUT2D eigenvalue weighted by Crippen LogP contribution is 2.29. The van der Waals surface area contributed by atoms with Crippen LogP contribution in [0, 0.1) is 34.6 Å². The lowest BCUT2D eigenvalue weighted by Crippen LogP contribution is -2.22. The fraction of sp³-hybridized carbons (Fsp3) is 0.278. The number of sulfonamides is 1. The van der Waals surface area contributed by atoms with E-state index in [0.717, 1.165) is 22.9 Å². The van der Waals surface area contributed by atoms with Crippen molar-refractivity contribution in [2.45, 2.75) is 39.5 Å². The third-order valence-electron chi connectivity index (χ3n) is 4.62. The van der Waals surface area contributed by atoms with Crippen LogP contribution in [0.25, 0.3) is 0 Å². The molecule has 0 saturated carbocycles. The summed E-state index contributed by atoms with van der Waals surface area (Å²) in [5, 5.41) is 22.9. The van der Waals surface area contributed by atoms with E-state index in [4.69, 9.17) is 0 Å². The normalized spacial score (nSPS) is 11.9. The van der Waals surface area contributed by atoms with Gasteiger partial charge in [-0.15, -0.1) is 0 Å². The van der Waals surface area contributed by atoms with Gasteiger partial charge >= 0.3 is 0 Å². The largest absolute Gasteiger partial charge is 0.504 e. The Hall–Kier alpha value is -2.54. The summed E-state index contributed by atoms with van der Waals surface area (Å²) in [5.74, 6) is -0.664. The zero-order valence-corrected chi connectivity index (χ0v) is 15.7. The van der Waals surface area contributed by atoms with Gasteiger partial charge < -0.3 is 10.2 Å². The van der Waals surface area contributed by atoms with Crippen molar-refractivity contribution in [1.82, 2.24) is 4.83 Å². The molecule has 0 fully saturated rings. The maximum Gasteiger partial charge on any atom is 0.277 e. The molecule has 25 heavy (non-hydrogen) atoms. The number of para-hydroxylation sites is 1. The molecule has 2 aromatic rings. The van der Waals surface area contributed by atoms with Crippen molar-refractivity contribution in [2.24, 2.45) is 5.10 Å². The summed E-state index contributed by atoms with van der Waals surface area (Å²) < 4.78 is 25.4. The number of phenols is 2. The number of hydrogen-bond acceptors (Lipinski definition) is 5. The molecule has 0 aliphatic rings. The molecule has 3 N–H and O–H groups in total. The van der Waals surface area contributed by atoms with Gasteiger partial charge in [-0.25, -0.2) is 4.83 Å².